The number of fused-ring (bicyclic) bond motifs is 1. The Labute approximate surface area is 134 Å². The van der Waals surface area contributed by atoms with Gasteiger partial charge in [-0.2, -0.15) is 5.10 Å². The zero-order valence-electron chi connectivity index (χ0n) is 10.9. The van der Waals surface area contributed by atoms with Crippen LogP contribution in [0, 0.1) is 0 Å². The van der Waals surface area contributed by atoms with Gasteiger partial charge in [0, 0.05) is 16.0 Å². The maximum atomic E-state index is 12.0. The Kier molecular flexibility index (Phi) is 4.48. The number of thioether (sulfide) groups is 1. The number of amides is 1. The third-order valence-corrected chi connectivity index (χ3v) is 5.25. The summed E-state index contributed by atoms with van der Waals surface area (Å²) in [5, 5.41) is 10.8. The van der Waals surface area contributed by atoms with Crippen LogP contribution >= 0.6 is 34.7 Å². The molecule has 108 valence electrons. The highest BCUT2D eigenvalue weighted by molar-refractivity contribution is 7.99. The van der Waals surface area contributed by atoms with Gasteiger partial charge in [-0.3, -0.25) is 9.89 Å². The molecule has 4 nitrogen and oxygen atoms in total. The molecule has 0 aliphatic carbocycles. The second-order valence-electron chi connectivity index (χ2n) is 4.39. The molecule has 0 radical (unpaired) electrons. The Morgan fingerprint density at radius 2 is 2.29 bits per heavy atom. The van der Waals surface area contributed by atoms with Gasteiger partial charge in [-0.25, -0.2) is 0 Å². The smallest absolute Gasteiger partial charge is 0.234 e. The zero-order valence-corrected chi connectivity index (χ0v) is 13.3. The first-order valence-corrected chi connectivity index (χ1v) is 8.61. The fourth-order valence-corrected chi connectivity index (χ4v) is 3.96. The van der Waals surface area contributed by atoms with Crippen molar-refractivity contribution in [3.63, 3.8) is 0 Å². The number of para-hydroxylation sites is 1. The molecule has 0 aliphatic rings. The Morgan fingerprint density at radius 3 is 3.10 bits per heavy atom. The van der Waals surface area contributed by atoms with E-state index < -0.39 is 0 Å². The van der Waals surface area contributed by atoms with Crippen LogP contribution in [0.4, 0.5) is 5.69 Å². The van der Waals surface area contributed by atoms with Crippen molar-refractivity contribution >= 4 is 57.2 Å². The van der Waals surface area contributed by atoms with Gasteiger partial charge in [-0.05, 0) is 18.2 Å². The van der Waals surface area contributed by atoms with E-state index >= 15 is 0 Å². The third kappa shape index (κ3) is 3.58. The third-order valence-electron chi connectivity index (χ3n) is 2.86. The van der Waals surface area contributed by atoms with Gasteiger partial charge in [0.05, 0.1) is 27.5 Å². The van der Waals surface area contributed by atoms with E-state index in [1.165, 1.54) is 4.88 Å². The topological polar surface area (TPSA) is 57.8 Å². The predicted molar refractivity (Wildman–Crippen MR) is 90.2 cm³/mol. The summed E-state index contributed by atoms with van der Waals surface area (Å²) in [4.78, 5) is 13.2. The van der Waals surface area contributed by atoms with E-state index in [1.54, 1.807) is 29.3 Å². The lowest BCUT2D eigenvalue weighted by Crippen LogP contribution is -2.14. The van der Waals surface area contributed by atoms with E-state index in [0.717, 1.165) is 26.7 Å². The maximum Gasteiger partial charge on any atom is 0.234 e. The van der Waals surface area contributed by atoms with Crippen LogP contribution in [0.15, 0.2) is 36.5 Å². The highest BCUT2D eigenvalue weighted by atomic mass is 35.5. The normalized spacial score (nSPS) is 10.9. The highest BCUT2D eigenvalue weighted by Gasteiger charge is 2.07. The number of benzene rings is 1. The number of aromatic nitrogens is 2. The molecular weight excluding hydrogens is 326 g/mol. The SMILES string of the molecule is O=C(CSCc1ccc(Cl)s1)Nc1cccc2cn[nH]c12. The van der Waals surface area contributed by atoms with E-state index in [0.29, 0.717) is 5.75 Å². The number of H-pyrrole nitrogens is 1. The van der Waals surface area contributed by atoms with E-state index in [2.05, 4.69) is 15.5 Å². The number of nitrogens with zero attached hydrogens (tertiary/aromatic N) is 1. The van der Waals surface area contributed by atoms with Crippen molar-refractivity contribution in [3.05, 3.63) is 45.7 Å². The van der Waals surface area contributed by atoms with Crippen LogP contribution in [-0.2, 0) is 10.5 Å². The van der Waals surface area contributed by atoms with Crippen LogP contribution < -0.4 is 5.32 Å². The molecule has 0 spiro atoms. The van der Waals surface area contributed by atoms with Crippen LogP contribution in [0.2, 0.25) is 4.34 Å². The Balaban J connectivity index is 1.55. The summed E-state index contributed by atoms with van der Waals surface area (Å²) in [7, 11) is 0. The van der Waals surface area contributed by atoms with Crippen molar-refractivity contribution < 1.29 is 4.79 Å². The van der Waals surface area contributed by atoms with Crippen molar-refractivity contribution in [3.8, 4) is 0 Å². The first kappa shape index (κ1) is 14.4. The van der Waals surface area contributed by atoms with Crippen molar-refractivity contribution in [2.75, 3.05) is 11.1 Å². The minimum absolute atomic E-state index is 0.0234. The molecule has 0 saturated carbocycles. The predicted octanol–water partition coefficient (Wildman–Crippen LogP) is 4.15. The summed E-state index contributed by atoms with van der Waals surface area (Å²) in [6.07, 6.45) is 1.74. The van der Waals surface area contributed by atoms with E-state index in [-0.39, 0.29) is 5.91 Å². The molecule has 0 unspecified atom stereocenters. The summed E-state index contributed by atoms with van der Waals surface area (Å²) >= 11 is 8.99. The summed E-state index contributed by atoms with van der Waals surface area (Å²) in [6, 6.07) is 9.57. The maximum absolute atomic E-state index is 12.0. The molecule has 7 heteroatoms. The largest absolute Gasteiger partial charge is 0.323 e. The summed E-state index contributed by atoms with van der Waals surface area (Å²) in [5.74, 6) is 1.17. The van der Waals surface area contributed by atoms with Crippen LogP contribution in [0.5, 0.6) is 0 Å². The number of carbonyl (C=O) groups is 1. The van der Waals surface area contributed by atoms with Gasteiger partial charge in [0.2, 0.25) is 5.91 Å². The van der Waals surface area contributed by atoms with Crippen molar-refractivity contribution in [1.82, 2.24) is 10.2 Å². The van der Waals surface area contributed by atoms with Gasteiger partial charge in [-0.15, -0.1) is 23.1 Å². The number of hydrogen-bond acceptors (Lipinski definition) is 4. The van der Waals surface area contributed by atoms with E-state index in [1.807, 2.05) is 30.3 Å². The Hall–Kier alpha value is -1.50. The molecule has 2 aromatic heterocycles. The molecule has 2 N–H and O–H groups in total. The lowest BCUT2D eigenvalue weighted by atomic mass is 10.2. The number of thiophene rings is 1. The van der Waals surface area contributed by atoms with Crippen molar-refractivity contribution in [2.24, 2.45) is 0 Å². The molecule has 3 rings (SSSR count). The number of nitrogens with one attached hydrogen (secondary N) is 2. The molecule has 21 heavy (non-hydrogen) atoms. The molecule has 1 amide bonds. The zero-order chi connectivity index (χ0) is 14.7. The molecule has 0 fully saturated rings. The van der Waals surface area contributed by atoms with Gasteiger partial charge in [0.25, 0.3) is 0 Å². The van der Waals surface area contributed by atoms with Crippen molar-refractivity contribution in [1.29, 1.82) is 0 Å². The summed E-state index contributed by atoms with van der Waals surface area (Å²) in [5.41, 5.74) is 1.61. The molecule has 3 aromatic rings. The number of aromatic amines is 1. The lowest BCUT2D eigenvalue weighted by molar-refractivity contribution is -0.113. The Morgan fingerprint density at radius 1 is 1.38 bits per heavy atom. The Bertz CT molecular complexity index is 768. The number of carbonyl (C=O) groups excluding carboxylic acids is 1. The second kappa shape index (κ2) is 6.51. The summed E-state index contributed by atoms with van der Waals surface area (Å²) < 4.78 is 0.779. The van der Waals surface area contributed by atoms with Gasteiger partial charge in [0.15, 0.2) is 0 Å². The molecular formula is C14H12ClN3OS2. The fourth-order valence-electron chi connectivity index (χ4n) is 1.93. The van der Waals surface area contributed by atoms with Crippen LogP contribution in [-0.4, -0.2) is 21.9 Å². The van der Waals surface area contributed by atoms with Crippen LogP contribution in [0.25, 0.3) is 10.9 Å². The van der Waals surface area contributed by atoms with E-state index in [4.69, 9.17) is 11.6 Å². The molecule has 0 bridgehead atoms. The average molecular weight is 338 g/mol. The first-order valence-electron chi connectivity index (χ1n) is 6.26. The fraction of sp³-hybridized carbons (Fsp3) is 0.143. The monoisotopic (exact) mass is 337 g/mol. The van der Waals surface area contributed by atoms with Gasteiger partial charge in [-0.1, -0.05) is 23.7 Å². The number of halogens is 1. The number of anilines is 1. The molecule has 0 atom stereocenters. The van der Waals surface area contributed by atoms with Gasteiger partial charge < -0.3 is 5.32 Å². The molecule has 2 heterocycles. The van der Waals surface area contributed by atoms with Gasteiger partial charge >= 0.3 is 0 Å². The average Bonchev–Trinajstić information content (AvgIpc) is 3.08. The minimum Gasteiger partial charge on any atom is -0.323 e. The lowest BCUT2D eigenvalue weighted by Gasteiger charge is -2.05. The molecule has 1 aromatic carbocycles. The number of hydrogen-bond donors (Lipinski definition) is 2. The van der Waals surface area contributed by atoms with Crippen LogP contribution in [0.3, 0.4) is 0 Å². The molecule has 0 saturated heterocycles. The first-order chi connectivity index (χ1) is 10.2. The van der Waals surface area contributed by atoms with E-state index in [9.17, 15) is 4.79 Å². The number of rotatable bonds is 5. The second-order valence-corrected chi connectivity index (χ2v) is 7.17. The summed E-state index contributed by atoms with van der Waals surface area (Å²) in [6.45, 7) is 0. The van der Waals surface area contributed by atoms with Crippen molar-refractivity contribution in [2.45, 2.75) is 5.75 Å². The van der Waals surface area contributed by atoms with Crippen LogP contribution in [0.1, 0.15) is 4.88 Å². The van der Waals surface area contributed by atoms with Gasteiger partial charge in [0.1, 0.15) is 0 Å². The highest BCUT2D eigenvalue weighted by Crippen LogP contribution is 2.25. The quantitative estimate of drug-likeness (QED) is 0.735. The molecule has 0 aliphatic heterocycles. The standard InChI is InChI=1S/C14H12ClN3OS2/c15-12-5-4-10(21-12)7-20-8-13(19)17-11-3-1-2-9-6-16-18-14(9)11/h1-6H,7-8H2,(H,16,18)(H,17,19). The minimum atomic E-state index is -0.0234.